The maximum Gasteiger partial charge on any atom is 0.434 e. The second-order valence-electron chi connectivity index (χ2n) is 6.12. The van der Waals surface area contributed by atoms with Crippen molar-refractivity contribution in [2.75, 3.05) is 32.7 Å². The minimum atomic E-state index is -4.46. The maximum atomic E-state index is 12.5. The van der Waals surface area contributed by atoms with Gasteiger partial charge in [-0.1, -0.05) is 0 Å². The third-order valence-corrected chi connectivity index (χ3v) is 4.71. The van der Waals surface area contributed by atoms with Crippen LogP contribution in [0.4, 0.5) is 26.3 Å². The normalized spacial score (nSPS) is 19.5. The second kappa shape index (κ2) is 9.09. The number of guanidine groups is 1. The zero-order valence-electron chi connectivity index (χ0n) is 14.6. The van der Waals surface area contributed by atoms with E-state index in [-0.39, 0.29) is 25.6 Å². The van der Waals surface area contributed by atoms with Crippen LogP contribution in [0.15, 0.2) is 10.4 Å². The van der Waals surface area contributed by atoms with Gasteiger partial charge in [0.1, 0.15) is 0 Å². The summed E-state index contributed by atoms with van der Waals surface area (Å²) in [5.74, 6) is 0.434. The van der Waals surface area contributed by atoms with Gasteiger partial charge in [0.05, 0.1) is 11.6 Å². The number of aromatic nitrogens is 1. The number of aliphatic imine (C=N–C) groups is 1. The van der Waals surface area contributed by atoms with Gasteiger partial charge in [-0.25, -0.2) is 4.98 Å². The number of likely N-dealkylation sites (tertiary alicyclic amines) is 1. The van der Waals surface area contributed by atoms with Crippen LogP contribution in [0.5, 0.6) is 0 Å². The first-order chi connectivity index (χ1) is 12.6. The Balaban J connectivity index is 1.85. The summed E-state index contributed by atoms with van der Waals surface area (Å²) in [6.45, 7) is 2.28. The number of halogens is 6. The van der Waals surface area contributed by atoms with Crippen LogP contribution in [0.3, 0.4) is 0 Å². The Morgan fingerprint density at radius 1 is 1.33 bits per heavy atom. The smallest absolute Gasteiger partial charge is 0.357 e. The molecule has 2 heterocycles. The Hall–Kier alpha value is -1.56. The quantitative estimate of drug-likeness (QED) is 0.425. The molecule has 1 atom stereocenters. The highest BCUT2D eigenvalue weighted by molar-refractivity contribution is 7.09. The van der Waals surface area contributed by atoms with Crippen molar-refractivity contribution in [3.05, 3.63) is 16.1 Å². The molecule has 0 amide bonds. The van der Waals surface area contributed by atoms with Crippen molar-refractivity contribution in [3.63, 3.8) is 0 Å². The molecule has 1 aliphatic rings. The second-order valence-corrected chi connectivity index (χ2v) is 7.06. The molecule has 0 aliphatic carbocycles. The van der Waals surface area contributed by atoms with E-state index in [1.807, 2.05) is 6.92 Å². The van der Waals surface area contributed by atoms with E-state index in [0.717, 1.165) is 16.7 Å². The van der Waals surface area contributed by atoms with Gasteiger partial charge in [0.15, 0.2) is 11.7 Å². The van der Waals surface area contributed by atoms with E-state index in [0.29, 0.717) is 30.5 Å². The van der Waals surface area contributed by atoms with E-state index in [9.17, 15) is 26.3 Å². The third-order valence-electron chi connectivity index (χ3n) is 3.80. The summed E-state index contributed by atoms with van der Waals surface area (Å²) in [7, 11) is 0. The zero-order chi connectivity index (χ0) is 20.1. The Labute approximate surface area is 156 Å². The fourth-order valence-electron chi connectivity index (χ4n) is 2.68. The van der Waals surface area contributed by atoms with Crippen LogP contribution in [0.2, 0.25) is 0 Å². The molecule has 1 aromatic rings. The van der Waals surface area contributed by atoms with Crippen LogP contribution in [-0.4, -0.2) is 60.8 Å². The molecule has 27 heavy (non-hydrogen) atoms. The molecule has 0 bridgehead atoms. The monoisotopic (exact) mass is 417 g/mol. The lowest BCUT2D eigenvalue weighted by molar-refractivity contribution is -0.143. The molecule has 1 aromatic heterocycles. The Morgan fingerprint density at radius 3 is 2.67 bits per heavy atom. The van der Waals surface area contributed by atoms with Gasteiger partial charge in [-0.3, -0.25) is 9.89 Å². The fourth-order valence-corrected chi connectivity index (χ4v) is 3.47. The number of nitrogens with zero attached hydrogens (tertiary/aromatic N) is 3. The SMILES string of the molecule is CCNC(=NCCc1nc(C(F)(F)F)cs1)NC1CCN(CC(F)(F)F)C1. The van der Waals surface area contributed by atoms with Crippen LogP contribution in [0.25, 0.3) is 0 Å². The average Bonchev–Trinajstić information content (AvgIpc) is 3.15. The standard InChI is InChI=1S/C15H21F6N5S/c1-2-22-13(24-10-4-6-26(7-10)9-14(16,17)18)23-5-3-12-25-11(8-27-12)15(19,20)21/h8,10H,2-7,9H2,1H3,(H2,22,23,24). The molecule has 12 heteroatoms. The van der Waals surface area contributed by atoms with E-state index in [4.69, 9.17) is 0 Å². The molecule has 0 aromatic carbocycles. The molecular formula is C15H21F6N5S. The molecule has 1 saturated heterocycles. The van der Waals surface area contributed by atoms with Gasteiger partial charge in [-0.05, 0) is 13.3 Å². The van der Waals surface area contributed by atoms with Crippen molar-refractivity contribution in [2.45, 2.75) is 38.2 Å². The third kappa shape index (κ3) is 7.53. The van der Waals surface area contributed by atoms with Gasteiger partial charge in [-0.15, -0.1) is 11.3 Å². The zero-order valence-corrected chi connectivity index (χ0v) is 15.4. The van der Waals surface area contributed by atoms with Gasteiger partial charge in [0.2, 0.25) is 0 Å². The maximum absolute atomic E-state index is 12.5. The predicted octanol–water partition coefficient (Wildman–Crippen LogP) is 2.90. The number of rotatable bonds is 6. The van der Waals surface area contributed by atoms with Crippen molar-refractivity contribution >= 4 is 17.3 Å². The number of hydrogen-bond donors (Lipinski definition) is 2. The predicted molar refractivity (Wildman–Crippen MR) is 90.8 cm³/mol. The average molecular weight is 417 g/mol. The fraction of sp³-hybridized carbons (Fsp3) is 0.733. The highest BCUT2D eigenvalue weighted by Gasteiger charge is 2.35. The van der Waals surface area contributed by atoms with Crippen LogP contribution in [0, 0.1) is 0 Å². The molecule has 0 spiro atoms. The summed E-state index contributed by atoms with van der Waals surface area (Å²) in [4.78, 5) is 9.15. The first-order valence-electron chi connectivity index (χ1n) is 8.42. The highest BCUT2D eigenvalue weighted by atomic mass is 32.1. The molecule has 1 unspecified atom stereocenters. The summed E-state index contributed by atoms with van der Waals surface area (Å²) >= 11 is 0.926. The molecule has 154 valence electrons. The van der Waals surface area contributed by atoms with E-state index < -0.39 is 24.6 Å². The molecule has 1 fully saturated rings. The topological polar surface area (TPSA) is 52.6 Å². The van der Waals surface area contributed by atoms with Crippen LogP contribution >= 0.6 is 11.3 Å². The number of hydrogen-bond acceptors (Lipinski definition) is 4. The number of alkyl halides is 6. The summed E-state index contributed by atoms with van der Waals surface area (Å²) in [5, 5.41) is 7.37. The lowest BCUT2D eigenvalue weighted by atomic mass is 10.3. The minimum absolute atomic E-state index is 0.165. The van der Waals surface area contributed by atoms with Gasteiger partial charge < -0.3 is 10.6 Å². The van der Waals surface area contributed by atoms with E-state index in [1.165, 1.54) is 4.90 Å². The molecule has 1 aliphatic heterocycles. The number of thiazole rings is 1. The lowest BCUT2D eigenvalue weighted by Gasteiger charge is -2.19. The summed E-state index contributed by atoms with van der Waals surface area (Å²) in [6.07, 6.45) is -7.88. The summed E-state index contributed by atoms with van der Waals surface area (Å²) in [5.41, 5.74) is -0.910. The lowest BCUT2D eigenvalue weighted by Crippen LogP contribution is -2.45. The van der Waals surface area contributed by atoms with E-state index >= 15 is 0 Å². The molecule has 0 saturated carbocycles. The van der Waals surface area contributed by atoms with Crippen LogP contribution in [0.1, 0.15) is 24.0 Å². The van der Waals surface area contributed by atoms with Crippen molar-refractivity contribution in [3.8, 4) is 0 Å². The molecule has 2 rings (SSSR count). The van der Waals surface area contributed by atoms with Crippen molar-refractivity contribution in [2.24, 2.45) is 4.99 Å². The van der Waals surface area contributed by atoms with Gasteiger partial charge in [0.25, 0.3) is 0 Å². The van der Waals surface area contributed by atoms with Crippen molar-refractivity contribution in [1.29, 1.82) is 0 Å². The first-order valence-corrected chi connectivity index (χ1v) is 9.30. The van der Waals surface area contributed by atoms with Gasteiger partial charge >= 0.3 is 12.4 Å². The Kier molecular flexibility index (Phi) is 7.32. The Morgan fingerprint density at radius 2 is 2.07 bits per heavy atom. The van der Waals surface area contributed by atoms with Crippen LogP contribution < -0.4 is 10.6 Å². The van der Waals surface area contributed by atoms with E-state index in [2.05, 4.69) is 20.6 Å². The van der Waals surface area contributed by atoms with E-state index in [1.54, 1.807) is 0 Å². The largest absolute Gasteiger partial charge is 0.434 e. The van der Waals surface area contributed by atoms with Gasteiger partial charge in [-0.2, -0.15) is 26.3 Å². The highest BCUT2D eigenvalue weighted by Crippen LogP contribution is 2.30. The first kappa shape index (κ1) is 21.7. The Bertz CT molecular complexity index is 627. The number of nitrogens with one attached hydrogen (secondary N) is 2. The minimum Gasteiger partial charge on any atom is -0.357 e. The van der Waals surface area contributed by atoms with Gasteiger partial charge in [0, 0.05) is 44.0 Å². The van der Waals surface area contributed by atoms with Crippen molar-refractivity contribution < 1.29 is 26.3 Å². The van der Waals surface area contributed by atoms with Crippen LogP contribution in [-0.2, 0) is 12.6 Å². The van der Waals surface area contributed by atoms with Crippen molar-refractivity contribution in [1.82, 2.24) is 20.5 Å². The molecule has 0 radical (unpaired) electrons. The summed E-state index contributed by atoms with van der Waals surface area (Å²) in [6, 6.07) is -0.165. The summed E-state index contributed by atoms with van der Waals surface area (Å²) < 4.78 is 75.0. The molecule has 5 nitrogen and oxygen atoms in total. The molecule has 2 N–H and O–H groups in total. The molecular weight excluding hydrogens is 396 g/mol.